The summed E-state index contributed by atoms with van der Waals surface area (Å²) in [5, 5.41) is 7.64. The lowest BCUT2D eigenvalue weighted by atomic mass is 9.87. The van der Waals surface area contributed by atoms with Gasteiger partial charge in [-0.3, -0.25) is 14.5 Å². The van der Waals surface area contributed by atoms with Gasteiger partial charge in [0.2, 0.25) is 11.8 Å². The van der Waals surface area contributed by atoms with E-state index in [1.165, 1.54) is 40.9 Å². The molecule has 3 aromatic carbocycles. The van der Waals surface area contributed by atoms with Crippen LogP contribution >= 0.6 is 11.8 Å². The molecule has 5 rings (SSSR count). The van der Waals surface area contributed by atoms with Crippen molar-refractivity contribution >= 4 is 29.4 Å². The molecule has 1 aromatic heterocycles. The first kappa shape index (κ1) is 28.5. The fourth-order valence-electron chi connectivity index (χ4n) is 4.95. The fraction of sp³-hybridized carbons (Fsp3) is 0.281. The number of hydrogen-bond acceptors (Lipinski definition) is 4. The topological polar surface area (TPSA) is 67.2 Å². The Morgan fingerprint density at radius 2 is 1.63 bits per heavy atom. The summed E-state index contributed by atoms with van der Waals surface area (Å²) in [5.74, 6) is -0.615. The molecule has 0 saturated carbocycles. The van der Waals surface area contributed by atoms with Crippen LogP contribution in [0.3, 0.4) is 0 Å². The highest BCUT2D eigenvalue weighted by atomic mass is 32.2. The number of benzene rings is 3. The summed E-state index contributed by atoms with van der Waals surface area (Å²) >= 11 is 1.44. The average Bonchev–Trinajstić information content (AvgIpc) is 3.27. The molecule has 6 nitrogen and oxygen atoms in total. The minimum absolute atomic E-state index is 0.124. The molecule has 9 heteroatoms. The van der Waals surface area contributed by atoms with Gasteiger partial charge in [-0.25, -0.2) is 13.5 Å². The van der Waals surface area contributed by atoms with Crippen LogP contribution in [-0.4, -0.2) is 33.9 Å². The Labute approximate surface area is 242 Å². The Kier molecular flexibility index (Phi) is 8.00. The van der Waals surface area contributed by atoms with Crippen molar-refractivity contribution in [1.82, 2.24) is 15.1 Å². The average molecular weight is 575 g/mol. The van der Waals surface area contributed by atoms with Gasteiger partial charge in [0.25, 0.3) is 0 Å². The van der Waals surface area contributed by atoms with E-state index in [0.29, 0.717) is 5.82 Å². The molecule has 2 heterocycles. The van der Waals surface area contributed by atoms with Crippen LogP contribution in [-0.2, 0) is 21.5 Å². The van der Waals surface area contributed by atoms with E-state index in [4.69, 9.17) is 5.10 Å². The summed E-state index contributed by atoms with van der Waals surface area (Å²) in [7, 11) is 0. The number of rotatable bonds is 6. The third-order valence-electron chi connectivity index (χ3n) is 7.02. The van der Waals surface area contributed by atoms with E-state index in [1.807, 2.05) is 31.2 Å². The van der Waals surface area contributed by atoms with Crippen molar-refractivity contribution in [3.8, 4) is 5.69 Å². The molecule has 1 atom stereocenters. The normalized spacial score (nSPS) is 15.4. The van der Waals surface area contributed by atoms with E-state index in [2.05, 4.69) is 26.1 Å². The SMILES string of the molecule is Cc1ccccc1-n1nc(C(C)(C)C)c2c1N(CC(=O)NCc1ccc(F)cc1)C(=O)CSC2c1ccc(F)cc1. The lowest BCUT2D eigenvalue weighted by Gasteiger charge is -2.25. The van der Waals surface area contributed by atoms with Crippen LogP contribution in [0.4, 0.5) is 14.6 Å². The summed E-state index contributed by atoms with van der Waals surface area (Å²) in [6.07, 6.45) is 0. The van der Waals surface area contributed by atoms with Crippen LogP contribution in [0.5, 0.6) is 0 Å². The monoisotopic (exact) mass is 574 g/mol. The lowest BCUT2D eigenvalue weighted by molar-refractivity contribution is -0.123. The number of anilines is 1. The van der Waals surface area contributed by atoms with Crippen molar-refractivity contribution in [2.24, 2.45) is 0 Å². The first-order chi connectivity index (χ1) is 19.5. The first-order valence-electron chi connectivity index (χ1n) is 13.4. The number of hydrogen-bond donors (Lipinski definition) is 1. The largest absolute Gasteiger partial charge is 0.350 e. The Morgan fingerprint density at radius 1 is 1.00 bits per heavy atom. The standard InChI is InChI=1S/C32H32F2N4O2S/c1-20-7-5-6-8-25(20)38-31-28(30(36-38)32(2,3)4)29(22-11-15-24(34)16-12-22)41-19-27(40)37(31)18-26(39)35-17-21-9-13-23(33)14-10-21/h5-16,29H,17-19H2,1-4H3,(H,35,39). The quantitative estimate of drug-likeness (QED) is 0.296. The number of aryl methyl sites for hydroxylation is 1. The number of halogens is 2. The summed E-state index contributed by atoms with van der Waals surface area (Å²) < 4.78 is 29.0. The maximum absolute atomic E-state index is 13.9. The predicted molar refractivity (Wildman–Crippen MR) is 158 cm³/mol. The summed E-state index contributed by atoms with van der Waals surface area (Å²) in [4.78, 5) is 28.5. The highest BCUT2D eigenvalue weighted by molar-refractivity contribution is 8.00. The van der Waals surface area contributed by atoms with Crippen molar-refractivity contribution in [2.75, 3.05) is 17.2 Å². The number of nitrogens with one attached hydrogen (secondary N) is 1. The van der Waals surface area contributed by atoms with Gasteiger partial charge in [-0.1, -0.05) is 63.2 Å². The molecule has 212 valence electrons. The number of aromatic nitrogens is 2. The lowest BCUT2D eigenvalue weighted by Crippen LogP contribution is -2.42. The van der Waals surface area contributed by atoms with Crippen LogP contribution < -0.4 is 10.2 Å². The third-order valence-corrected chi connectivity index (χ3v) is 8.28. The summed E-state index contributed by atoms with van der Waals surface area (Å²) in [6.45, 7) is 8.16. The second-order valence-corrected chi connectivity index (χ2v) is 12.3. The molecule has 1 aliphatic heterocycles. The molecule has 1 aliphatic rings. The van der Waals surface area contributed by atoms with Gasteiger partial charge in [0, 0.05) is 17.5 Å². The maximum atomic E-state index is 13.9. The van der Waals surface area contributed by atoms with Crippen molar-refractivity contribution in [3.05, 3.63) is 112 Å². The number of nitrogens with zero attached hydrogens (tertiary/aromatic N) is 3. The molecule has 0 bridgehead atoms. The van der Waals surface area contributed by atoms with E-state index < -0.39 is 5.41 Å². The minimum atomic E-state index is -0.402. The third kappa shape index (κ3) is 6.05. The van der Waals surface area contributed by atoms with Crippen molar-refractivity contribution in [2.45, 2.75) is 44.9 Å². The van der Waals surface area contributed by atoms with Gasteiger partial charge in [-0.05, 0) is 53.9 Å². The van der Waals surface area contributed by atoms with E-state index in [0.717, 1.165) is 33.6 Å². The van der Waals surface area contributed by atoms with Gasteiger partial charge in [-0.15, -0.1) is 11.8 Å². The molecular formula is C32H32F2N4O2S. The Morgan fingerprint density at radius 3 is 2.27 bits per heavy atom. The van der Waals surface area contributed by atoms with E-state index in [1.54, 1.807) is 28.9 Å². The summed E-state index contributed by atoms with van der Waals surface area (Å²) in [5.41, 5.74) is 4.58. The zero-order chi connectivity index (χ0) is 29.3. The van der Waals surface area contributed by atoms with Gasteiger partial charge in [0.15, 0.2) is 0 Å². The number of carbonyl (C=O) groups is 2. The maximum Gasteiger partial charge on any atom is 0.240 e. The summed E-state index contributed by atoms with van der Waals surface area (Å²) in [6, 6.07) is 20.0. The van der Waals surface area contributed by atoms with Gasteiger partial charge in [0.1, 0.15) is 24.0 Å². The zero-order valence-electron chi connectivity index (χ0n) is 23.4. The van der Waals surface area contributed by atoms with Crippen LogP contribution in [0.25, 0.3) is 5.69 Å². The number of para-hydroxylation sites is 1. The number of carbonyl (C=O) groups excluding carboxylic acids is 2. The molecule has 0 aliphatic carbocycles. The number of fused-ring (bicyclic) bond motifs is 1. The minimum Gasteiger partial charge on any atom is -0.350 e. The first-order valence-corrected chi connectivity index (χ1v) is 14.5. The van der Waals surface area contributed by atoms with Crippen LogP contribution in [0.2, 0.25) is 0 Å². The molecule has 0 radical (unpaired) electrons. The second-order valence-electron chi connectivity index (χ2n) is 11.2. The molecule has 0 saturated heterocycles. The van der Waals surface area contributed by atoms with Crippen LogP contribution in [0, 0.1) is 18.6 Å². The van der Waals surface area contributed by atoms with Crippen LogP contribution in [0.1, 0.15) is 54.0 Å². The van der Waals surface area contributed by atoms with E-state index in [9.17, 15) is 18.4 Å². The second kappa shape index (κ2) is 11.5. The molecule has 0 spiro atoms. The van der Waals surface area contributed by atoms with Crippen LogP contribution in [0.15, 0.2) is 72.8 Å². The smallest absolute Gasteiger partial charge is 0.240 e. The van der Waals surface area contributed by atoms with E-state index >= 15 is 0 Å². The predicted octanol–water partition coefficient (Wildman–Crippen LogP) is 6.24. The fourth-order valence-corrected chi connectivity index (χ4v) is 6.14. The molecular weight excluding hydrogens is 542 g/mol. The molecule has 1 N–H and O–H groups in total. The molecule has 0 fully saturated rings. The Bertz CT molecular complexity index is 1580. The van der Waals surface area contributed by atoms with Gasteiger partial charge in [-0.2, -0.15) is 5.10 Å². The van der Waals surface area contributed by atoms with Gasteiger partial charge >= 0.3 is 0 Å². The van der Waals surface area contributed by atoms with Gasteiger partial charge < -0.3 is 5.32 Å². The molecule has 41 heavy (non-hydrogen) atoms. The molecule has 2 amide bonds. The van der Waals surface area contributed by atoms with Crippen molar-refractivity contribution in [3.63, 3.8) is 0 Å². The highest BCUT2D eigenvalue weighted by Gasteiger charge is 2.40. The molecule has 4 aromatic rings. The van der Waals surface area contributed by atoms with E-state index in [-0.39, 0.29) is 47.5 Å². The Balaban J connectivity index is 1.64. The van der Waals surface area contributed by atoms with Crippen molar-refractivity contribution in [1.29, 1.82) is 0 Å². The highest BCUT2D eigenvalue weighted by Crippen LogP contribution is 2.48. The molecule has 1 unspecified atom stereocenters. The van der Waals surface area contributed by atoms with Gasteiger partial charge in [0.05, 0.1) is 22.4 Å². The van der Waals surface area contributed by atoms with Crippen molar-refractivity contribution < 1.29 is 18.4 Å². The number of thioether (sulfide) groups is 1. The number of amides is 2. The Hall–Kier alpha value is -3.98. The zero-order valence-corrected chi connectivity index (χ0v) is 24.3.